The molecular weight excluding hydrogens is 639 g/mol. The number of hydrogen-bond donors (Lipinski definition) is 0. The van der Waals surface area contributed by atoms with Crippen molar-refractivity contribution < 1.29 is 0 Å². The van der Waals surface area contributed by atoms with E-state index in [0.717, 1.165) is 60.9 Å². The lowest BCUT2D eigenvalue weighted by atomic mass is 10.0. The number of pyridine rings is 2. The molecule has 5 heterocycles. The van der Waals surface area contributed by atoms with Gasteiger partial charge in [-0.2, -0.15) is 0 Å². The number of fused-ring (bicyclic) bond motifs is 6. The van der Waals surface area contributed by atoms with E-state index >= 15 is 0 Å². The van der Waals surface area contributed by atoms with Crippen LogP contribution in [0, 0.1) is 0 Å². The van der Waals surface area contributed by atoms with Gasteiger partial charge in [0.15, 0.2) is 23.1 Å². The SMILES string of the molecule is c1ccc(-c2nc(-c3ccc(-n4c5cccc6ccc7c8ccncc8n(c8cccnc84)c7c65)cc3)nc(-c3ccc4ccccc4c3)n2)cc1. The second-order valence-corrected chi connectivity index (χ2v) is 13.0. The Morgan fingerprint density at radius 1 is 0.442 bits per heavy atom. The summed E-state index contributed by atoms with van der Waals surface area (Å²) in [5.41, 5.74) is 8.86. The predicted octanol–water partition coefficient (Wildman–Crippen LogP) is 10.5. The second kappa shape index (κ2) is 11.1. The van der Waals surface area contributed by atoms with Crippen molar-refractivity contribution >= 4 is 60.0 Å². The van der Waals surface area contributed by atoms with Crippen LogP contribution in [0.1, 0.15) is 0 Å². The van der Waals surface area contributed by atoms with Crippen LogP contribution in [-0.2, 0) is 0 Å². The van der Waals surface area contributed by atoms with E-state index in [9.17, 15) is 0 Å². The summed E-state index contributed by atoms with van der Waals surface area (Å²) in [4.78, 5) is 24.6. The fourth-order valence-electron chi connectivity index (χ4n) is 7.69. The third-order valence-corrected chi connectivity index (χ3v) is 10.1. The highest BCUT2D eigenvalue weighted by Gasteiger charge is 2.20. The summed E-state index contributed by atoms with van der Waals surface area (Å²) in [6.07, 6.45) is 5.68. The quantitative estimate of drug-likeness (QED) is 0.187. The lowest BCUT2D eigenvalue weighted by Gasteiger charge is -2.13. The average Bonchev–Trinajstić information content (AvgIpc) is 3.49. The van der Waals surface area contributed by atoms with Crippen LogP contribution in [0.25, 0.3) is 99.9 Å². The van der Waals surface area contributed by atoms with Crippen LogP contribution < -0.4 is 0 Å². The minimum absolute atomic E-state index is 0.611. The van der Waals surface area contributed by atoms with Gasteiger partial charge in [-0.1, -0.05) is 91.0 Å². The van der Waals surface area contributed by atoms with Crippen molar-refractivity contribution in [2.75, 3.05) is 0 Å². The first-order valence-corrected chi connectivity index (χ1v) is 17.2. The molecule has 0 bridgehead atoms. The summed E-state index contributed by atoms with van der Waals surface area (Å²) in [6, 6.07) is 50.4. The summed E-state index contributed by atoms with van der Waals surface area (Å²) >= 11 is 0. The molecule has 0 aliphatic rings. The molecule has 0 aliphatic heterocycles. The summed E-state index contributed by atoms with van der Waals surface area (Å²) in [7, 11) is 0. The van der Waals surface area contributed by atoms with Crippen LogP contribution >= 0.6 is 0 Å². The molecule has 0 saturated carbocycles. The van der Waals surface area contributed by atoms with Crippen LogP contribution in [0.15, 0.2) is 164 Å². The molecule has 7 nitrogen and oxygen atoms in total. The Bertz CT molecular complexity index is 3160. The highest BCUT2D eigenvalue weighted by Crippen LogP contribution is 2.39. The van der Waals surface area contributed by atoms with Gasteiger partial charge in [0.05, 0.1) is 28.3 Å². The third kappa shape index (κ3) is 4.29. The van der Waals surface area contributed by atoms with E-state index in [1.807, 2.05) is 55.0 Å². The van der Waals surface area contributed by atoms with Crippen molar-refractivity contribution in [2.45, 2.75) is 0 Å². The lowest BCUT2D eigenvalue weighted by Crippen LogP contribution is -2.01. The van der Waals surface area contributed by atoms with Crippen molar-refractivity contribution in [1.29, 1.82) is 0 Å². The lowest BCUT2D eigenvalue weighted by molar-refractivity contribution is 1.07. The van der Waals surface area contributed by atoms with Crippen molar-refractivity contribution in [3.05, 3.63) is 164 Å². The average molecular weight is 666 g/mol. The van der Waals surface area contributed by atoms with Gasteiger partial charge in [-0.15, -0.1) is 0 Å². The van der Waals surface area contributed by atoms with E-state index in [1.54, 1.807) is 0 Å². The summed E-state index contributed by atoms with van der Waals surface area (Å²) in [6.45, 7) is 0. The molecule has 0 N–H and O–H groups in total. The Kier molecular flexibility index (Phi) is 6.12. The summed E-state index contributed by atoms with van der Waals surface area (Å²) in [5.74, 6) is 1.87. The van der Waals surface area contributed by atoms with E-state index in [2.05, 4.69) is 123 Å². The number of aromatic nitrogens is 7. The van der Waals surface area contributed by atoms with Gasteiger partial charge in [-0.05, 0) is 70.8 Å². The van der Waals surface area contributed by atoms with Gasteiger partial charge in [0.2, 0.25) is 0 Å². The van der Waals surface area contributed by atoms with Crippen molar-refractivity contribution in [3.63, 3.8) is 0 Å². The van der Waals surface area contributed by atoms with Gasteiger partial charge in [-0.3, -0.25) is 9.55 Å². The number of hydrogen-bond acceptors (Lipinski definition) is 5. The molecule has 0 spiro atoms. The second-order valence-electron chi connectivity index (χ2n) is 13.0. The van der Waals surface area contributed by atoms with Crippen LogP contribution in [0.4, 0.5) is 0 Å². The van der Waals surface area contributed by atoms with Gasteiger partial charge in [0, 0.05) is 50.9 Å². The number of nitrogens with zero attached hydrogens (tertiary/aromatic N) is 7. The maximum atomic E-state index is 5.05. The minimum atomic E-state index is 0.611. The van der Waals surface area contributed by atoms with Crippen LogP contribution in [0.5, 0.6) is 0 Å². The molecule has 0 amide bonds. The minimum Gasteiger partial charge on any atom is -0.303 e. The maximum absolute atomic E-state index is 5.05. The van der Waals surface area contributed by atoms with Crippen molar-refractivity contribution in [1.82, 2.24) is 33.9 Å². The molecule has 11 rings (SSSR count). The van der Waals surface area contributed by atoms with Crippen molar-refractivity contribution in [3.8, 4) is 39.9 Å². The van der Waals surface area contributed by atoms with Crippen LogP contribution in [0.3, 0.4) is 0 Å². The highest BCUT2D eigenvalue weighted by molar-refractivity contribution is 6.23. The first-order chi connectivity index (χ1) is 25.8. The molecule has 0 unspecified atom stereocenters. The number of rotatable bonds is 4. The fourth-order valence-corrected chi connectivity index (χ4v) is 7.69. The van der Waals surface area contributed by atoms with Gasteiger partial charge in [-0.25, -0.2) is 19.9 Å². The van der Waals surface area contributed by atoms with E-state index < -0.39 is 0 Å². The first kappa shape index (κ1) is 28.6. The van der Waals surface area contributed by atoms with E-state index in [-0.39, 0.29) is 0 Å². The topological polar surface area (TPSA) is 73.8 Å². The van der Waals surface area contributed by atoms with E-state index in [4.69, 9.17) is 19.9 Å². The smallest absolute Gasteiger partial charge is 0.164 e. The Hall–Kier alpha value is -7.25. The normalized spacial score (nSPS) is 11.8. The van der Waals surface area contributed by atoms with Gasteiger partial charge in [0.25, 0.3) is 0 Å². The Morgan fingerprint density at radius 3 is 1.98 bits per heavy atom. The van der Waals surface area contributed by atoms with Crippen LogP contribution in [0.2, 0.25) is 0 Å². The van der Waals surface area contributed by atoms with Gasteiger partial charge >= 0.3 is 0 Å². The zero-order valence-electron chi connectivity index (χ0n) is 27.7. The molecule has 7 heteroatoms. The molecule has 242 valence electrons. The molecule has 6 aromatic carbocycles. The van der Waals surface area contributed by atoms with Crippen LogP contribution in [-0.4, -0.2) is 33.9 Å². The Labute approximate surface area is 297 Å². The zero-order chi connectivity index (χ0) is 34.2. The molecule has 0 atom stereocenters. The summed E-state index contributed by atoms with van der Waals surface area (Å²) in [5, 5.41) is 7.01. The predicted molar refractivity (Wildman–Crippen MR) is 210 cm³/mol. The van der Waals surface area contributed by atoms with Crippen molar-refractivity contribution in [2.24, 2.45) is 0 Å². The highest BCUT2D eigenvalue weighted by atomic mass is 15.1. The molecule has 0 radical (unpaired) electrons. The molecule has 5 aromatic heterocycles. The number of benzene rings is 6. The fraction of sp³-hybridized carbons (Fsp3) is 0. The molecule has 11 aromatic rings. The largest absolute Gasteiger partial charge is 0.303 e. The zero-order valence-corrected chi connectivity index (χ0v) is 27.7. The molecule has 52 heavy (non-hydrogen) atoms. The van der Waals surface area contributed by atoms with E-state index in [0.29, 0.717) is 17.5 Å². The molecule has 0 aliphatic carbocycles. The standard InChI is InChI=1S/C45H27N7/c1-2-9-30(10-3-1)42-48-43(50-44(49-42)33-16-15-28-8-4-5-11-32(28)26-33)31-17-20-34(21-18-31)51-37-13-6-12-29-19-22-36-35-23-25-46-27-39(35)52(41(36)40(29)37)38-14-7-24-47-45(38)51/h1-27H. The molecular formula is C45H27N7. The molecule has 0 saturated heterocycles. The van der Waals surface area contributed by atoms with Gasteiger partial charge in [0.1, 0.15) is 0 Å². The molecule has 0 fully saturated rings. The third-order valence-electron chi connectivity index (χ3n) is 10.1. The monoisotopic (exact) mass is 665 g/mol. The van der Waals surface area contributed by atoms with E-state index in [1.165, 1.54) is 21.5 Å². The Morgan fingerprint density at radius 2 is 1.13 bits per heavy atom. The van der Waals surface area contributed by atoms with Gasteiger partial charge < -0.3 is 4.40 Å². The summed E-state index contributed by atoms with van der Waals surface area (Å²) < 4.78 is 4.59. The Balaban J connectivity index is 1.14. The maximum Gasteiger partial charge on any atom is 0.164 e. The first-order valence-electron chi connectivity index (χ1n) is 17.2.